The second-order valence-electron chi connectivity index (χ2n) is 4.32. The number of urea groups is 1. The molecule has 3 amide bonds. The number of nitrogens with one attached hydrogen (secondary N) is 3. The Morgan fingerprint density at radius 3 is 2.14 bits per heavy atom. The number of carbonyl (C=O) groups excluding carboxylic acids is 2. The first-order valence-electron chi connectivity index (χ1n) is 6.40. The van der Waals surface area contributed by atoms with Gasteiger partial charge >= 0.3 is 6.03 Å². The van der Waals surface area contributed by atoms with Crippen LogP contribution in [0.5, 0.6) is 0 Å². The van der Waals surface area contributed by atoms with Crippen LogP contribution in [0.4, 0.5) is 25.0 Å². The molecule has 0 spiro atoms. The fourth-order valence-electron chi connectivity index (χ4n) is 1.66. The molecule has 0 unspecified atom stereocenters. The van der Waals surface area contributed by atoms with Gasteiger partial charge in [0.1, 0.15) is 17.3 Å². The molecule has 0 heterocycles. The molecule has 0 saturated heterocycles. The lowest BCUT2D eigenvalue weighted by atomic mass is 10.3. The van der Waals surface area contributed by atoms with Crippen LogP contribution in [0, 0.1) is 11.6 Å². The average molecular weight is 305 g/mol. The molecular weight excluding hydrogens is 292 g/mol. The number of amides is 3. The Hall–Kier alpha value is -2.96. The molecule has 2 aromatic rings. The lowest BCUT2D eigenvalue weighted by Gasteiger charge is -2.09. The van der Waals surface area contributed by atoms with Crippen molar-refractivity contribution < 1.29 is 18.4 Å². The summed E-state index contributed by atoms with van der Waals surface area (Å²) in [5.41, 5.74) is 0.0123. The number of anilines is 2. The van der Waals surface area contributed by atoms with Crippen molar-refractivity contribution in [2.24, 2.45) is 0 Å². The van der Waals surface area contributed by atoms with E-state index >= 15 is 0 Å². The number of rotatable bonds is 4. The van der Waals surface area contributed by atoms with Gasteiger partial charge in [0, 0.05) is 5.69 Å². The smallest absolute Gasteiger partial charge is 0.319 e. The summed E-state index contributed by atoms with van der Waals surface area (Å²) in [4.78, 5) is 23.1. The minimum absolute atomic E-state index is 0.424. The highest BCUT2D eigenvalue weighted by Crippen LogP contribution is 2.17. The van der Waals surface area contributed by atoms with Crippen LogP contribution in [0.15, 0.2) is 48.5 Å². The Bertz CT molecular complexity index is 657. The van der Waals surface area contributed by atoms with E-state index in [1.165, 1.54) is 6.07 Å². The molecule has 0 bridgehead atoms. The Balaban J connectivity index is 1.84. The minimum Gasteiger partial charge on any atom is -0.329 e. The molecule has 0 fully saturated rings. The second-order valence-corrected chi connectivity index (χ2v) is 4.32. The van der Waals surface area contributed by atoms with Crippen molar-refractivity contribution in [3.8, 4) is 0 Å². The maximum absolute atomic E-state index is 13.3. The van der Waals surface area contributed by atoms with Gasteiger partial charge in [-0.25, -0.2) is 13.6 Å². The van der Waals surface area contributed by atoms with Gasteiger partial charge in [-0.3, -0.25) is 4.79 Å². The van der Waals surface area contributed by atoms with Crippen molar-refractivity contribution in [3.63, 3.8) is 0 Å². The molecule has 114 valence electrons. The molecule has 22 heavy (non-hydrogen) atoms. The SMILES string of the molecule is O=C(CNC(=O)Nc1ccccc1)Nc1c(F)cccc1F. The van der Waals surface area contributed by atoms with E-state index in [4.69, 9.17) is 0 Å². The molecule has 0 aliphatic heterocycles. The lowest BCUT2D eigenvalue weighted by Crippen LogP contribution is -2.36. The molecule has 0 saturated carbocycles. The highest BCUT2D eigenvalue weighted by Gasteiger charge is 2.12. The summed E-state index contributed by atoms with van der Waals surface area (Å²) in [6.07, 6.45) is 0. The third-order valence-electron chi connectivity index (χ3n) is 2.67. The van der Waals surface area contributed by atoms with Crippen molar-refractivity contribution in [1.82, 2.24) is 5.32 Å². The maximum atomic E-state index is 13.3. The van der Waals surface area contributed by atoms with Gasteiger partial charge < -0.3 is 16.0 Å². The van der Waals surface area contributed by atoms with Crippen LogP contribution >= 0.6 is 0 Å². The van der Waals surface area contributed by atoms with E-state index in [0.29, 0.717) is 5.69 Å². The third-order valence-corrected chi connectivity index (χ3v) is 2.67. The minimum atomic E-state index is -0.887. The van der Waals surface area contributed by atoms with Crippen molar-refractivity contribution in [2.75, 3.05) is 17.2 Å². The van der Waals surface area contributed by atoms with E-state index in [2.05, 4.69) is 16.0 Å². The molecule has 2 aromatic carbocycles. The Kier molecular flexibility index (Phi) is 5.02. The molecule has 0 atom stereocenters. The normalized spacial score (nSPS) is 9.91. The molecule has 0 aliphatic rings. The first-order chi connectivity index (χ1) is 10.6. The number of halogens is 2. The van der Waals surface area contributed by atoms with Crippen molar-refractivity contribution in [1.29, 1.82) is 0 Å². The predicted octanol–water partition coefficient (Wildman–Crippen LogP) is 2.73. The number of hydrogen-bond acceptors (Lipinski definition) is 2. The Morgan fingerprint density at radius 2 is 1.50 bits per heavy atom. The van der Waals surface area contributed by atoms with Crippen LogP contribution in [-0.4, -0.2) is 18.5 Å². The van der Waals surface area contributed by atoms with Crippen LogP contribution in [0.2, 0.25) is 0 Å². The number of benzene rings is 2. The zero-order valence-corrected chi connectivity index (χ0v) is 11.4. The monoisotopic (exact) mass is 305 g/mol. The van der Waals surface area contributed by atoms with E-state index in [9.17, 15) is 18.4 Å². The molecular formula is C15H13F2N3O2. The summed E-state index contributed by atoms with van der Waals surface area (Å²) in [6.45, 7) is -0.424. The van der Waals surface area contributed by atoms with Gasteiger partial charge in [-0.2, -0.15) is 0 Å². The summed E-state index contributed by atoms with van der Waals surface area (Å²) in [7, 11) is 0. The topological polar surface area (TPSA) is 70.2 Å². The van der Waals surface area contributed by atoms with Crippen LogP contribution in [-0.2, 0) is 4.79 Å². The van der Waals surface area contributed by atoms with Gasteiger partial charge in [-0.15, -0.1) is 0 Å². The summed E-state index contributed by atoms with van der Waals surface area (Å²) in [5.74, 6) is -2.52. The van der Waals surface area contributed by atoms with Crippen LogP contribution in [0.1, 0.15) is 0 Å². The van der Waals surface area contributed by atoms with E-state index in [0.717, 1.165) is 12.1 Å². The zero-order valence-electron chi connectivity index (χ0n) is 11.4. The molecule has 0 aliphatic carbocycles. The summed E-state index contributed by atoms with van der Waals surface area (Å²) >= 11 is 0. The fraction of sp³-hybridized carbons (Fsp3) is 0.0667. The van der Waals surface area contributed by atoms with Gasteiger partial charge in [0.05, 0.1) is 6.54 Å². The van der Waals surface area contributed by atoms with Gasteiger partial charge in [-0.1, -0.05) is 24.3 Å². The Labute approximate surface area is 125 Å². The van der Waals surface area contributed by atoms with Crippen molar-refractivity contribution >= 4 is 23.3 Å². The molecule has 0 aromatic heterocycles. The van der Waals surface area contributed by atoms with Gasteiger partial charge in [-0.05, 0) is 24.3 Å². The first-order valence-corrected chi connectivity index (χ1v) is 6.40. The molecule has 2 rings (SSSR count). The lowest BCUT2D eigenvalue weighted by molar-refractivity contribution is -0.115. The largest absolute Gasteiger partial charge is 0.329 e. The zero-order chi connectivity index (χ0) is 15.9. The summed E-state index contributed by atoms with van der Waals surface area (Å²) in [5, 5.41) is 6.86. The average Bonchev–Trinajstić information content (AvgIpc) is 2.50. The quantitative estimate of drug-likeness (QED) is 0.813. The van der Waals surface area contributed by atoms with Crippen molar-refractivity contribution in [3.05, 3.63) is 60.2 Å². The molecule has 3 N–H and O–H groups in total. The fourth-order valence-corrected chi connectivity index (χ4v) is 1.66. The standard InChI is InChI=1S/C15H13F2N3O2/c16-11-7-4-8-12(17)14(11)20-13(21)9-18-15(22)19-10-5-2-1-3-6-10/h1-8H,9H2,(H,20,21)(H2,18,19,22). The van der Waals surface area contributed by atoms with Crippen LogP contribution in [0.25, 0.3) is 0 Å². The highest BCUT2D eigenvalue weighted by molar-refractivity contribution is 5.97. The number of hydrogen-bond donors (Lipinski definition) is 3. The summed E-state index contributed by atoms with van der Waals surface area (Å²) < 4.78 is 26.7. The Morgan fingerprint density at radius 1 is 0.864 bits per heavy atom. The van der Waals surface area contributed by atoms with E-state index in [-0.39, 0.29) is 0 Å². The summed E-state index contributed by atoms with van der Waals surface area (Å²) in [6, 6.07) is 11.2. The van der Waals surface area contributed by atoms with Gasteiger partial charge in [0.2, 0.25) is 5.91 Å². The highest BCUT2D eigenvalue weighted by atomic mass is 19.1. The van der Waals surface area contributed by atoms with Crippen LogP contribution < -0.4 is 16.0 Å². The molecule has 7 heteroatoms. The van der Waals surface area contributed by atoms with Crippen molar-refractivity contribution in [2.45, 2.75) is 0 Å². The predicted molar refractivity (Wildman–Crippen MR) is 78.5 cm³/mol. The van der Waals surface area contributed by atoms with E-state index in [1.54, 1.807) is 30.3 Å². The van der Waals surface area contributed by atoms with E-state index in [1.807, 2.05) is 0 Å². The van der Waals surface area contributed by atoms with Gasteiger partial charge in [0.15, 0.2) is 0 Å². The molecule has 0 radical (unpaired) electrons. The third kappa shape index (κ3) is 4.27. The maximum Gasteiger partial charge on any atom is 0.319 e. The van der Waals surface area contributed by atoms with Gasteiger partial charge in [0.25, 0.3) is 0 Å². The number of para-hydroxylation sites is 2. The van der Waals surface area contributed by atoms with Crippen LogP contribution in [0.3, 0.4) is 0 Å². The van der Waals surface area contributed by atoms with E-state index < -0.39 is 35.8 Å². The number of carbonyl (C=O) groups is 2. The first kappa shape index (κ1) is 15.4. The molecule has 5 nitrogen and oxygen atoms in total. The second kappa shape index (κ2) is 7.16.